The number of carboxylic acid groups (broad SMARTS) is 1. The Labute approximate surface area is 114 Å². The standard InChI is InChI=1S/C12H11Cl2NO3/c1-6(7(2)12(17)18)11(16)15-10-4-8(13)3-9(14)5-10/h3-5H,1-2H3,(H,15,16)(H,17,18)/b7-6+. The van der Waals surface area contributed by atoms with Gasteiger partial charge in [0.15, 0.2) is 0 Å². The summed E-state index contributed by atoms with van der Waals surface area (Å²) >= 11 is 11.6. The summed E-state index contributed by atoms with van der Waals surface area (Å²) in [5, 5.41) is 12.1. The van der Waals surface area contributed by atoms with Crippen LogP contribution in [0.25, 0.3) is 0 Å². The Bertz CT molecular complexity index is 518. The van der Waals surface area contributed by atoms with Crippen LogP contribution in [-0.4, -0.2) is 17.0 Å². The Morgan fingerprint density at radius 1 is 1.06 bits per heavy atom. The largest absolute Gasteiger partial charge is 0.478 e. The van der Waals surface area contributed by atoms with Crippen LogP contribution in [0.2, 0.25) is 10.0 Å². The number of carbonyl (C=O) groups is 2. The van der Waals surface area contributed by atoms with Crippen molar-refractivity contribution in [3.05, 3.63) is 39.4 Å². The minimum Gasteiger partial charge on any atom is -0.478 e. The van der Waals surface area contributed by atoms with Crippen LogP contribution in [0.5, 0.6) is 0 Å². The number of anilines is 1. The third-order valence-electron chi connectivity index (χ3n) is 2.34. The lowest BCUT2D eigenvalue weighted by atomic mass is 10.1. The molecule has 0 aliphatic carbocycles. The van der Waals surface area contributed by atoms with E-state index in [-0.39, 0.29) is 11.1 Å². The molecule has 0 saturated heterocycles. The second-order valence-electron chi connectivity index (χ2n) is 3.67. The number of amides is 1. The van der Waals surface area contributed by atoms with Crippen molar-refractivity contribution in [1.82, 2.24) is 0 Å². The number of carboxylic acids is 1. The van der Waals surface area contributed by atoms with E-state index in [1.54, 1.807) is 0 Å². The van der Waals surface area contributed by atoms with Gasteiger partial charge < -0.3 is 10.4 Å². The summed E-state index contributed by atoms with van der Waals surface area (Å²) in [5.74, 6) is -1.64. The highest BCUT2D eigenvalue weighted by Crippen LogP contribution is 2.23. The van der Waals surface area contributed by atoms with Crippen molar-refractivity contribution in [2.45, 2.75) is 13.8 Å². The van der Waals surface area contributed by atoms with Gasteiger partial charge in [-0.05, 0) is 32.0 Å². The Morgan fingerprint density at radius 2 is 1.56 bits per heavy atom. The average Bonchev–Trinajstić information content (AvgIpc) is 2.25. The van der Waals surface area contributed by atoms with Crippen LogP contribution in [0.15, 0.2) is 29.3 Å². The van der Waals surface area contributed by atoms with Crippen LogP contribution in [0.1, 0.15) is 13.8 Å². The minimum atomic E-state index is -1.13. The van der Waals surface area contributed by atoms with Crippen LogP contribution in [-0.2, 0) is 9.59 Å². The van der Waals surface area contributed by atoms with Crippen molar-refractivity contribution < 1.29 is 14.7 Å². The highest BCUT2D eigenvalue weighted by molar-refractivity contribution is 6.35. The van der Waals surface area contributed by atoms with Gasteiger partial charge in [0, 0.05) is 26.9 Å². The smallest absolute Gasteiger partial charge is 0.331 e. The number of hydrogen-bond donors (Lipinski definition) is 2. The number of carbonyl (C=O) groups excluding carboxylic acids is 1. The monoisotopic (exact) mass is 287 g/mol. The minimum absolute atomic E-state index is 0.0133. The Balaban J connectivity index is 2.95. The zero-order chi connectivity index (χ0) is 13.9. The molecule has 0 radical (unpaired) electrons. The summed E-state index contributed by atoms with van der Waals surface area (Å²) in [6.07, 6.45) is 0. The molecule has 0 aliphatic heterocycles. The summed E-state index contributed by atoms with van der Waals surface area (Å²) in [6.45, 7) is 2.80. The first-order valence-corrected chi connectivity index (χ1v) is 5.75. The topological polar surface area (TPSA) is 66.4 Å². The van der Waals surface area contributed by atoms with E-state index in [0.717, 1.165) is 0 Å². The van der Waals surface area contributed by atoms with E-state index in [9.17, 15) is 9.59 Å². The first kappa shape index (κ1) is 14.5. The summed E-state index contributed by atoms with van der Waals surface area (Å²) in [5.41, 5.74) is 0.522. The zero-order valence-electron chi connectivity index (χ0n) is 9.75. The van der Waals surface area contributed by atoms with E-state index in [2.05, 4.69) is 5.32 Å². The lowest BCUT2D eigenvalue weighted by molar-refractivity contribution is -0.133. The van der Waals surface area contributed by atoms with Crippen molar-refractivity contribution >= 4 is 40.8 Å². The zero-order valence-corrected chi connectivity index (χ0v) is 11.3. The molecule has 4 nitrogen and oxygen atoms in total. The first-order chi connectivity index (χ1) is 8.31. The molecular formula is C12H11Cl2NO3. The van der Waals surface area contributed by atoms with Gasteiger partial charge in [0.1, 0.15) is 0 Å². The maximum absolute atomic E-state index is 11.8. The molecule has 1 amide bonds. The molecule has 18 heavy (non-hydrogen) atoms. The predicted octanol–water partition coefficient (Wildman–Crippen LogP) is 3.35. The van der Waals surface area contributed by atoms with Crippen molar-refractivity contribution in [1.29, 1.82) is 0 Å². The van der Waals surface area contributed by atoms with E-state index >= 15 is 0 Å². The van der Waals surface area contributed by atoms with E-state index in [0.29, 0.717) is 15.7 Å². The van der Waals surface area contributed by atoms with Gasteiger partial charge in [0.25, 0.3) is 5.91 Å². The maximum atomic E-state index is 11.8. The summed E-state index contributed by atoms with van der Waals surface area (Å²) in [7, 11) is 0. The van der Waals surface area contributed by atoms with Crippen LogP contribution >= 0.6 is 23.2 Å². The molecule has 0 aromatic heterocycles. The van der Waals surface area contributed by atoms with Crippen molar-refractivity contribution in [3.63, 3.8) is 0 Å². The molecule has 1 aromatic carbocycles. The fourth-order valence-electron chi connectivity index (χ4n) is 1.18. The fourth-order valence-corrected chi connectivity index (χ4v) is 1.71. The predicted molar refractivity (Wildman–Crippen MR) is 71.1 cm³/mol. The van der Waals surface area contributed by atoms with Crippen molar-refractivity contribution in [3.8, 4) is 0 Å². The van der Waals surface area contributed by atoms with Crippen LogP contribution < -0.4 is 5.32 Å². The molecule has 2 N–H and O–H groups in total. The number of nitrogens with one attached hydrogen (secondary N) is 1. The molecule has 0 heterocycles. The van der Waals surface area contributed by atoms with Gasteiger partial charge in [-0.15, -0.1) is 0 Å². The molecule has 0 bridgehead atoms. The molecule has 1 aromatic rings. The number of rotatable bonds is 3. The maximum Gasteiger partial charge on any atom is 0.331 e. The molecule has 0 atom stereocenters. The van der Waals surface area contributed by atoms with Crippen LogP contribution in [0.3, 0.4) is 0 Å². The van der Waals surface area contributed by atoms with Gasteiger partial charge in [0.05, 0.1) is 0 Å². The number of benzene rings is 1. The summed E-state index contributed by atoms with van der Waals surface area (Å²) < 4.78 is 0. The van der Waals surface area contributed by atoms with E-state index < -0.39 is 11.9 Å². The molecule has 0 fully saturated rings. The molecule has 0 spiro atoms. The van der Waals surface area contributed by atoms with Gasteiger partial charge in [-0.1, -0.05) is 23.2 Å². The van der Waals surface area contributed by atoms with E-state index in [4.69, 9.17) is 28.3 Å². The molecule has 96 valence electrons. The third kappa shape index (κ3) is 3.75. The van der Waals surface area contributed by atoms with Gasteiger partial charge in [0.2, 0.25) is 0 Å². The number of aliphatic carboxylic acids is 1. The highest BCUT2D eigenvalue weighted by atomic mass is 35.5. The number of hydrogen-bond acceptors (Lipinski definition) is 2. The second-order valence-corrected chi connectivity index (χ2v) is 4.54. The average molecular weight is 288 g/mol. The first-order valence-electron chi connectivity index (χ1n) is 4.99. The normalized spacial score (nSPS) is 11.8. The molecule has 0 saturated carbocycles. The SMILES string of the molecule is C/C(C(=O)O)=C(/C)C(=O)Nc1cc(Cl)cc(Cl)c1. The summed E-state index contributed by atoms with van der Waals surface area (Å²) in [6, 6.07) is 4.58. The van der Waals surface area contributed by atoms with E-state index in [1.165, 1.54) is 32.0 Å². The fraction of sp³-hybridized carbons (Fsp3) is 0.167. The lowest BCUT2D eigenvalue weighted by Gasteiger charge is -2.07. The molecule has 6 heteroatoms. The second kappa shape index (κ2) is 5.89. The van der Waals surface area contributed by atoms with Crippen molar-refractivity contribution in [2.75, 3.05) is 5.32 Å². The van der Waals surface area contributed by atoms with Gasteiger partial charge in [-0.2, -0.15) is 0 Å². The summed E-state index contributed by atoms with van der Waals surface area (Å²) in [4.78, 5) is 22.5. The quantitative estimate of drug-likeness (QED) is 0.838. The molecule has 0 aliphatic rings. The Morgan fingerprint density at radius 3 is 2.00 bits per heavy atom. The third-order valence-corrected chi connectivity index (χ3v) is 2.78. The van der Waals surface area contributed by atoms with Crippen LogP contribution in [0.4, 0.5) is 5.69 Å². The molecule has 0 unspecified atom stereocenters. The van der Waals surface area contributed by atoms with Gasteiger partial charge >= 0.3 is 5.97 Å². The van der Waals surface area contributed by atoms with Crippen LogP contribution in [0, 0.1) is 0 Å². The lowest BCUT2D eigenvalue weighted by Crippen LogP contribution is -2.16. The van der Waals surface area contributed by atoms with Gasteiger partial charge in [-0.3, -0.25) is 4.79 Å². The van der Waals surface area contributed by atoms with E-state index in [1.807, 2.05) is 0 Å². The number of halogens is 2. The highest BCUT2D eigenvalue weighted by Gasteiger charge is 2.13. The Kier molecular flexibility index (Phi) is 4.76. The Hall–Kier alpha value is -1.52. The van der Waals surface area contributed by atoms with Gasteiger partial charge in [-0.25, -0.2) is 4.79 Å². The molecule has 1 rings (SSSR count). The molecular weight excluding hydrogens is 277 g/mol. The van der Waals surface area contributed by atoms with Crippen molar-refractivity contribution in [2.24, 2.45) is 0 Å².